The third kappa shape index (κ3) is 3.78. The van der Waals surface area contributed by atoms with Gasteiger partial charge in [0.2, 0.25) is 0 Å². The summed E-state index contributed by atoms with van der Waals surface area (Å²) < 4.78 is 0. The molecule has 1 atom stereocenters. The van der Waals surface area contributed by atoms with Crippen molar-refractivity contribution in [2.45, 2.75) is 57.1 Å². The maximum absolute atomic E-state index is 4.72. The van der Waals surface area contributed by atoms with Crippen molar-refractivity contribution in [3.63, 3.8) is 0 Å². The van der Waals surface area contributed by atoms with E-state index in [0.717, 1.165) is 36.3 Å². The monoisotopic (exact) mass is 294 g/mol. The third-order valence-corrected chi connectivity index (χ3v) is 4.37. The highest BCUT2D eigenvalue weighted by molar-refractivity contribution is 7.98. The van der Waals surface area contributed by atoms with Crippen LogP contribution in [0.4, 0.5) is 11.6 Å². The van der Waals surface area contributed by atoms with Crippen molar-refractivity contribution in [3.05, 3.63) is 6.07 Å². The Bertz CT molecular complexity index is 424. The average molecular weight is 294 g/mol. The van der Waals surface area contributed by atoms with Gasteiger partial charge in [0.25, 0.3) is 0 Å². The van der Waals surface area contributed by atoms with Gasteiger partial charge < -0.3 is 10.2 Å². The number of hydrogen-bond donors (Lipinski definition) is 1. The van der Waals surface area contributed by atoms with Crippen LogP contribution >= 0.6 is 11.8 Å². The fourth-order valence-electron chi connectivity index (χ4n) is 2.72. The van der Waals surface area contributed by atoms with E-state index in [9.17, 15) is 0 Å². The molecule has 0 aromatic carbocycles. The fourth-order valence-corrected chi connectivity index (χ4v) is 3.10. The van der Waals surface area contributed by atoms with Crippen molar-refractivity contribution in [2.24, 2.45) is 0 Å². The molecule has 1 unspecified atom stereocenters. The molecule has 0 amide bonds. The standard InChI is InChI=1S/C15H26N4S/c1-4-9-16-13-11-14(18-15(17-13)20-3)19-10-7-6-8-12(19)5-2/h11-12H,4-10H2,1-3H3,(H,16,17,18). The van der Waals surface area contributed by atoms with Gasteiger partial charge in [-0.25, -0.2) is 9.97 Å². The van der Waals surface area contributed by atoms with E-state index >= 15 is 0 Å². The second kappa shape index (κ2) is 7.72. The molecule has 5 heteroatoms. The molecule has 4 nitrogen and oxygen atoms in total. The fraction of sp³-hybridized carbons (Fsp3) is 0.733. The van der Waals surface area contributed by atoms with Crippen LogP contribution in [0.3, 0.4) is 0 Å². The van der Waals surface area contributed by atoms with Gasteiger partial charge in [0, 0.05) is 25.2 Å². The molecule has 0 spiro atoms. The van der Waals surface area contributed by atoms with Crippen LogP contribution in [0.1, 0.15) is 46.0 Å². The molecule has 0 saturated carbocycles. The topological polar surface area (TPSA) is 41.0 Å². The first-order valence-corrected chi connectivity index (χ1v) is 8.94. The van der Waals surface area contributed by atoms with E-state index < -0.39 is 0 Å². The summed E-state index contributed by atoms with van der Waals surface area (Å²) in [6.07, 6.45) is 8.23. The number of rotatable bonds is 6. The maximum Gasteiger partial charge on any atom is 0.191 e. The summed E-state index contributed by atoms with van der Waals surface area (Å²) in [6.45, 7) is 6.52. The molecule has 20 heavy (non-hydrogen) atoms. The van der Waals surface area contributed by atoms with Crippen molar-refractivity contribution < 1.29 is 0 Å². The summed E-state index contributed by atoms with van der Waals surface area (Å²) >= 11 is 1.61. The molecular weight excluding hydrogens is 268 g/mol. The molecule has 112 valence electrons. The molecule has 0 bridgehead atoms. The summed E-state index contributed by atoms with van der Waals surface area (Å²) in [5.41, 5.74) is 0. The van der Waals surface area contributed by atoms with Crippen LogP contribution in [0.5, 0.6) is 0 Å². The lowest BCUT2D eigenvalue weighted by Crippen LogP contribution is -2.39. The predicted molar refractivity (Wildman–Crippen MR) is 87.9 cm³/mol. The highest BCUT2D eigenvalue weighted by Crippen LogP contribution is 2.27. The minimum absolute atomic E-state index is 0.632. The van der Waals surface area contributed by atoms with E-state index in [2.05, 4.69) is 35.1 Å². The zero-order valence-electron chi connectivity index (χ0n) is 12.9. The molecule has 2 rings (SSSR count). The largest absolute Gasteiger partial charge is 0.370 e. The highest BCUT2D eigenvalue weighted by Gasteiger charge is 2.23. The molecule has 0 radical (unpaired) electrons. The number of hydrogen-bond acceptors (Lipinski definition) is 5. The van der Waals surface area contributed by atoms with Crippen LogP contribution in [0.2, 0.25) is 0 Å². The predicted octanol–water partition coefficient (Wildman–Crippen LogP) is 3.79. The van der Waals surface area contributed by atoms with E-state index in [4.69, 9.17) is 4.98 Å². The molecular formula is C15H26N4S. The number of thioether (sulfide) groups is 1. The van der Waals surface area contributed by atoms with Crippen LogP contribution in [-0.2, 0) is 0 Å². The van der Waals surface area contributed by atoms with Crippen LogP contribution < -0.4 is 10.2 Å². The van der Waals surface area contributed by atoms with Gasteiger partial charge in [-0.05, 0) is 38.4 Å². The zero-order valence-corrected chi connectivity index (χ0v) is 13.7. The van der Waals surface area contributed by atoms with Gasteiger partial charge in [-0.15, -0.1) is 0 Å². The van der Waals surface area contributed by atoms with Crippen molar-refractivity contribution >= 4 is 23.4 Å². The summed E-state index contributed by atoms with van der Waals surface area (Å²) in [5, 5.41) is 4.25. The molecule has 1 aromatic rings. The minimum atomic E-state index is 0.632. The molecule has 2 heterocycles. The van der Waals surface area contributed by atoms with Crippen molar-refractivity contribution in [1.29, 1.82) is 0 Å². The number of nitrogens with one attached hydrogen (secondary N) is 1. The second-order valence-electron chi connectivity index (χ2n) is 5.28. The Balaban J connectivity index is 2.24. The Morgan fingerprint density at radius 3 is 2.90 bits per heavy atom. The van der Waals surface area contributed by atoms with Gasteiger partial charge in [-0.1, -0.05) is 25.6 Å². The molecule has 0 aliphatic carbocycles. The Kier molecular flexibility index (Phi) is 5.95. The Labute approximate surface area is 126 Å². The van der Waals surface area contributed by atoms with Crippen LogP contribution in [0, 0.1) is 0 Å². The molecule has 1 fully saturated rings. The maximum atomic E-state index is 4.72. The quantitative estimate of drug-likeness (QED) is 0.638. The van der Waals surface area contributed by atoms with Gasteiger partial charge in [-0.3, -0.25) is 0 Å². The molecule has 1 aromatic heterocycles. The Hall–Kier alpha value is -0.970. The van der Waals surface area contributed by atoms with Crippen LogP contribution in [0.25, 0.3) is 0 Å². The normalized spacial score (nSPS) is 19.1. The summed E-state index contributed by atoms with van der Waals surface area (Å²) in [4.78, 5) is 11.7. The first-order valence-electron chi connectivity index (χ1n) is 7.72. The lowest BCUT2D eigenvalue weighted by atomic mass is 10.0. The van der Waals surface area contributed by atoms with Crippen molar-refractivity contribution in [1.82, 2.24) is 9.97 Å². The van der Waals surface area contributed by atoms with Crippen LogP contribution in [-0.4, -0.2) is 35.4 Å². The molecule has 1 N–H and O–H groups in total. The average Bonchev–Trinajstić information content (AvgIpc) is 2.52. The lowest BCUT2D eigenvalue weighted by molar-refractivity contribution is 0.445. The summed E-state index contributed by atoms with van der Waals surface area (Å²) in [5.74, 6) is 2.05. The SMILES string of the molecule is CCCNc1cc(N2CCCCC2CC)nc(SC)n1. The zero-order chi connectivity index (χ0) is 14.4. The van der Waals surface area contributed by atoms with Gasteiger partial charge >= 0.3 is 0 Å². The van der Waals surface area contributed by atoms with E-state index in [1.807, 2.05) is 6.26 Å². The Morgan fingerprint density at radius 2 is 2.20 bits per heavy atom. The molecule has 1 aliphatic rings. The second-order valence-corrected chi connectivity index (χ2v) is 6.05. The van der Waals surface area contributed by atoms with Gasteiger partial charge in [0.15, 0.2) is 5.16 Å². The van der Waals surface area contributed by atoms with Gasteiger partial charge in [0.1, 0.15) is 11.6 Å². The summed E-state index contributed by atoms with van der Waals surface area (Å²) in [7, 11) is 0. The Morgan fingerprint density at radius 1 is 1.35 bits per heavy atom. The minimum Gasteiger partial charge on any atom is -0.370 e. The highest BCUT2D eigenvalue weighted by atomic mass is 32.2. The number of nitrogens with zero attached hydrogens (tertiary/aromatic N) is 3. The van der Waals surface area contributed by atoms with Gasteiger partial charge in [-0.2, -0.15) is 0 Å². The first kappa shape index (κ1) is 15.4. The molecule has 1 saturated heterocycles. The number of anilines is 2. The van der Waals surface area contributed by atoms with Gasteiger partial charge in [0.05, 0.1) is 0 Å². The third-order valence-electron chi connectivity index (χ3n) is 3.82. The lowest BCUT2D eigenvalue weighted by Gasteiger charge is -2.36. The smallest absolute Gasteiger partial charge is 0.191 e. The number of piperidine rings is 1. The van der Waals surface area contributed by atoms with E-state index in [1.165, 1.54) is 25.7 Å². The van der Waals surface area contributed by atoms with E-state index in [-0.39, 0.29) is 0 Å². The van der Waals surface area contributed by atoms with Crippen LogP contribution in [0.15, 0.2) is 11.2 Å². The van der Waals surface area contributed by atoms with E-state index in [1.54, 1.807) is 11.8 Å². The van der Waals surface area contributed by atoms with E-state index in [0.29, 0.717) is 6.04 Å². The first-order chi connectivity index (χ1) is 9.78. The van der Waals surface area contributed by atoms with Crippen molar-refractivity contribution in [2.75, 3.05) is 29.6 Å². The molecule has 1 aliphatic heterocycles. The summed E-state index contributed by atoms with van der Waals surface area (Å²) in [6, 6.07) is 2.75. The number of aromatic nitrogens is 2. The van der Waals surface area contributed by atoms with Crippen molar-refractivity contribution in [3.8, 4) is 0 Å².